The fourth-order valence-electron chi connectivity index (χ4n) is 3.43. The zero-order chi connectivity index (χ0) is 19.1. The van der Waals surface area contributed by atoms with E-state index in [1.54, 1.807) is 12.4 Å². The summed E-state index contributed by atoms with van der Waals surface area (Å²) in [6.45, 7) is 2.39. The molecular formula is C21H26N4O2. The summed E-state index contributed by atoms with van der Waals surface area (Å²) in [7, 11) is 0. The van der Waals surface area contributed by atoms with E-state index in [-0.39, 0.29) is 11.9 Å². The molecule has 1 aliphatic carbocycles. The monoisotopic (exact) mass is 366 g/mol. The molecule has 6 nitrogen and oxygen atoms in total. The van der Waals surface area contributed by atoms with Gasteiger partial charge in [0.05, 0.1) is 0 Å². The molecule has 0 bridgehead atoms. The molecule has 6 heteroatoms. The third-order valence-corrected chi connectivity index (χ3v) is 4.98. The Kier molecular flexibility index (Phi) is 6.06. The second-order valence-corrected chi connectivity index (χ2v) is 7.13. The first-order valence-corrected chi connectivity index (χ1v) is 9.40. The number of anilines is 1. The summed E-state index contributed by atoms with van der Waals surface area (Å²) in [4.78, 5) is 29.6. The van der Waals surface area contributed by atoms with Crippen LogP contribution in [0.15, 0.2) is 48.8 Å². The third kappa shape index (κ3) is 5.06. The molecule has 1 aromatic heterocycles. The topological polar surface area (TPSA) is 83.1 Å². The van der Waals surface area contributed by atoms with Gasteiger partial charge in [0.25, 0.3) is 0 Å². The highest BCUT2D eigenvalue weighted by Gasteiger charge is 2.40. The minimum absolute atomic E-state index is 0.134. The lowest BCUT2D eigenvalue weighted by Gasteiger charge is -2.36. The molecule has 0 unspecified atom stereocenters. The number of rotatable bonds is 5. The first-order chi connectivity index (χ1) is 13.1. The number of hydrogen-bond acceptors (Lipinski definition) is 3. The van der Waals surface area contributed by atoms with E-state index in [4.69, 9.17) is 0 Å². The van der Waals surface area contributed by atoms with E-state index < -0.39 is 5.54 Å². The molecule has 27 heavy (non-hydrogen) atoms. The van der Waals surface area contributed by atoms with Crippen LogP contribution in [-0.4, -0.2) is 22.5 Å². The smallest absolute Gasteiger partial charge is 0.320 e. The number of amides is 3. The highest BCUT2D eigenvalue weighted by atomic mass is 16.2. The molecule has 0 radical (unpaired) electrons. The largest absolute Gasteiger partial charge is 0.350 e. The maximum Gasteiger partial charge on any atom is 0.320 e. The molecule has 1 fully saturated rings. The zero-order valence-electron chi connectivity index (χ0n) is 15.6. The van der Waals surface area contributed by atoms with Crippen LogP contribution in [0.25, 0.3) is 0 Å². The molecule has 142 valence electrons. The van der Waals surface area contributed by atoms with Crippen molar-refractivity contribution in [3.05, 3.63) is 59.9 Å². The molecule has 1 saturated carbocycles. The van der Waals surface area contributed by atoms with Gasteiger partial charge in [-0.1, -0.05) is 43.0 Å². The van der Waals surface area contributed by atoms with Gasteiger partial charge in [0.15, 0.2) is 0 Å². The molecule has 2 aromatic rings. The summed E-state index contributed by atoms with van der Waals surface area (Å²) < 4.78 is 0. The van der Waals surface area contributed by atoms with Crippen molar-refractivity contribution < 1.29 is 9.59 Å². The summed E-state index contributed by atoms with van der Waals surface area (Å²) >= 11 is 0. The van der Waals surface area contributed by atoms with Crippen LogP contribution in [-0.2, 0) is 11.3 Å². The van der Waals surface area contributed by atoms with Gasteiger partial charge in [-0.15, -0.1) is 0 Å². The van der Waals surface area contributed by atoms with Crippen molar-refractivity contribution in [2.75, 3.05) is 5.32 Å². The Morgan fingerprint density at radius 2 is 1.81 bits per heavy atom. The number of benzene rings is 1. The van der Waals surface area contributed by atoms with Gasteiger partial charge in [0.1, 0.15) is 5.54 Å². The van der Waals surface area contributed by atoms with Crippen molar-refractivity contribution in [3.63, 3.8) is 0 Å². The number of carbonyl (C=O) groups excluding carboxylic acids is 2. The summed E-state index contributed by atoms with van der Waals surface area (Å²) in [5.41, 5.74) is 1.90. The number of urea groups is 1. The Bertz CT molecular complexity index is 769. The van der Waals surface area contributed by atoms with Gasteiger partial charge in [-0.25, -0.2) is 4.79 Å². The first kappa shape index (κ1) is 18.9. The Labute approximate surface area is 159 Å². The molecule has 0 aliphatic heterocycles. The number of aryl methyl sites for hydroxylation is 1. The minimum Gasteiger partial charge on any atom is -0.350 e. The van der Waals surface area contributed by atoms with E-state index in [1.807, 2.05) is 43.3 Å². The average Bonchev–Trinajstić information content (AvgIpc) is 2.69. The number of nitrogens with zero attached hydrogens (tertiary/aromatic N) is 1. The Morgan fingerprint density at radius 3 is 2.48 bits per heavy atom. The van der Waals surface area contributed by atoms with Crippen molar-refractivity contribution in [1.82, 2.24) is 15.6 Å². The maximum absolute atomic E-state index is 13.0. The fourth-order valence-corrected chi connectivity index (χ4v) is 3.43. The van der Waals surface area contributed by atoms with Crippen LogP contribution >= 0.6 is 0 Å². The van der Waals surface area contributed by atoms with E-state index in [0.29, 0.717) is 25.1 Å². The summed E-state index contributed by atoms with van der Waals surface area (Å²) in [6.07, 6.45) is 7.64. The predicted octanol–water partition coefficient (Wildman–Crippen LogP) is 3.53. The average molecular weight is 366 g/mol. The number of nitrogens with one attached hydrogen (secondary N) is 3. The van der Waals surface area contributed by atoms with Crippen molar-refractivity contribution in [2.45, 2.75) is 51.1 Å². The van der Waals surface area contributed by atoms with Crippen LogP contribution in [0.1, 0.15) is 43.2 Å². The van der Waals surface area contributed by atoms with E-state index in [9.17, 15) is 9.59 Å². The molecular weight excluding hydrogens is 340 g/mol. The molecule has 0 atom stereocenters. The highest BCUT2D eigenvalue weighted by molar-refractivity contribution is 5.96. The predicted molar refractivity (Wildman–Crippen MR) is 105 cm³/mol. The Hall–Kier alpha value is -2.89. The molecule has 1 aliphatic rings. The second kappa shape index (κ2) is 8.66. The number of aromatic nitrogens is 1. The van der Waals surface area contributed by atoms with Gasteiger partial charge in [-0.2, -0.15) is 0 Å². The van der Waals surface area contributed by atoms with Crippen LogP contribution in [0.3, 0.4) is 0 Å². The van der Waals surface area contributed by atoms with Gasteiger partial charge in [0.2, 0.25) is 5.91 Å². The number of pyridine rings is 1. The standard InChI is InChI=1S/C21H26N4O2/c1-16-7-9-18(10-8-16)24-20(27)25-21(11-3-2-4-12-21)19(26)23-15-17-6-5-13-22-14-17/h5-10,13-14H,2-4,11-12,15H2,1H3,(H,23,26)(H2,24,25,27). The molecule has 1 heterocycles. The van der Waals surface area contributed by atoms with Crippen molar-refractivity contribution in [1.29, 1.82) is 0 Å². The zero-order valence-corrected chi connectivity index (χ0v) is 15.6. The number of hydrogen-bond donors (Lipinski definition) is 3. The van der Waals surface area contributed by atoms with Crippen LogP contribution in [0.5, 0.6) is 0 Å². The van der Waals surface area contributed by atoms with Crippen LogP contribution < -0.4 is 16.0 Å². The van der Waals surface area contributed by atoms with Crippen molar-refractivity contribution in [2.24, 2.45) is 0 Å². The van der Waals surface area contributed by atoms with Gasteiger partial charge in [0, 0.05) is 24.6 Å². The molecule has 3 rings (SSSR count). The van der Waals surface area contributed by atoms with Gasteiger partial charge < -0.3 is 16.0 Å². The Balaban J connectivity index is 1.65. The minimum atomic E-state index is -0.866. The fraction of sp³-hybridized carbons (Fsp3) is 0.381. The first-order valence-electron chi connectivity index (χ1n) is 9.40. The van der Waals surface area contributed by atoms with Crippen LogP contribution in [0.2, 0.25) is 0 Å². The van der Waals surface area contributed by atoms with Gasteiger partial charge >= 0.3 is 6.03 Å². The lowest BCUT2D eigenvalue weighted by molar-refractivity contribution is -0.128. The van der Waals surface area contributed by atoms with Crippen LogP contribution in [0, 0.1) is 6.92 Å². The van der Waals surface area contributed by atoms with Crippen molar-refractivity contribution in [3.8, 4) is 0 Å². The van der Waals surface area contributed by atoms with E-state index in [0.717, 1.165) is 30.4 Å². The SMILES string of the molecule is Cc1ccc(NC(=O)NC2(C(=O)NCc3cccnc3)CCCCC2)cc1. The van der Waals surface area contributed by atoms with E-state index in [2.05, 4.69) is 20.9 Å². The molecule has 3 N–H and O–H groups in total. The van der Waals surface area contributed by atoms with Crippen LogP contribution in [0.4, 0.5) is 10.5 Å². The van der Waals surface area contributed by atoms with Gasteiger partial charge in [-0.05, 0) is 43.5 Å². The highest BCUT2D eigenvalue weighted by Crippen LogP contribution is 2.29. The molecule has 3 amide bonds. The quantitative estimate of drug-likeness (QED) is 0.757. The van der Waals surface area contributed by atoms with Gasteiger partial charge in [-0.3, -0.25) is 9.78 Å². The molecule has 1 aromatic carbocycles. The second-order valence-electron chi connectivity index (χ2n) is 7.13. The van der Waals surface area contributed by atoms with E-state index >= 15 is 0 Å². The van der Waals surface area contributed by atoms with Crippen molar-refractivity contribution >= 4 is 17.6 Å². The number of carbonyl (C=O) groups is 2. The lowest BCUT2D eigenvalue weighted by Crippen LogP contribution is -2.60. The molecule has 0 spiro atoms. The third-order valence-electron chi connectivity index (χ3n) is 4.98. The summed E-state index contributed by atoms with van der Waals surface area (Å²) in [5.74, 6) is -0.134. The normalized spacial score (nSPS) is 15.6. The summed E-state index contributed by atoms with van der Waals surface area (Å²) in [5, 5.41) is 8.75. The van der Waals surface area contributed by atoms with E-state index in [1.165, 1.54) is 0 Å². The molecule has 0 saturated heterocycles. The Morgan fingerprint density at radius 1 is 1.07 bits per heavy atom. The lowest BCUT2D eigenvalue weighted by atomic mass is 9.81. The maximum atomic E-state index is 13.0. The summed E-state index contributed by atoms with van der Waals surface area (Å²) in [6, 6.07) is 11.0.